The van der Waals surface area contributed by atoms with Crippen LogP contribution in [0, 0.1) is 5.82 Å². The Hall–Kier alpha value is -2.41. The van der Waals surface area contributed by atoms with Crippen LogP contribution in [-0.2, 0) is 19.5 Å². The van der Waals surface area contributed by atoms with E-state index in [-0.39, 0.29) is 30.0 Å². The number of imidazole rings is 1. The SMILES string of the molecule is CCCn1c2nc(C3CCCCC3)nc-2c2n(c1=O)CC(Cc1ccc(F)cc1)N2.Cl. The monoisotopic (exact) mass is 445 g/mol. The molecule has 1 aliphatic carbocycles. The van der Waals surface area contributed by atoms with Gasteiger partial charge < -0.3 is 5.32 Å². The third-order valence-electron chi connectivity index (χ3n) is 6.43. The summed E-state index contributed by atoms with van der Waals surface area (Å²) in [4.78, 5) is 23.1. The zero-order valence-electron chi connectivity index (χ0n) is 17.8. The number of benzene rings is 1. The summed E-state index contributed by atoms with van der Waals surface area (Å²) in [5, 5.41) is 3.52. The lowest BCUT2D eigenvalue weighted by molar-refractivity contribution is 0.431. The molecule has 3 heterocycles. The number of anilines is 1. The molecule has 1 N–H and O–H groups in total. The number of fused-ring (bicyclic) bond motifs is 3. The minimum absolute atomic E-state index is 0. The largest absolute Gasteiger partial charge is 0.365 e. The molecule has 3 aliphatic heterocycles. The predicted octanol–water partition coefficient (Wildman–Crippen LogP) is 4.60. The van der Waals surface area contributed by atoms with Gasteiger partial charge in [0.2, 0.25) is 0 Å². The molecule has 0 radical (unpaired) electrons. The maximum atomic E-state index is 13.3. The van der Waals surface area contributed by atoms with Gasteiger partial charge in [-0.15, -0.1) is 12.4 Å². The highest BCUT2D eigenvalue weighted by molar-refractivity contribution is 5.85. The fourth-order valence-corrected chi connectivity index (χ4v) is 4.92. The third kappa shape index (κ3) is 4.07. The van der Waals surface area contributed by atoms with Crippen molar-refractivity contribution in [2.75, 3.05) is 5.32 Å². The van der Waals surface area contributed by atoms with Crippen LogP contribution >= 0.6 is 12.4 Å². The Balaban J connectivity index is 0.00000231. The smallest absolute Gasteiger partial charge is 0.331 e. The zero-order chi connectivity index (χ0) is 20.7. The normalized spacial score (nSPS) is 18.6. The maximum absolute atomic E-state index is 13.3. The van der Waals surface area contributed by atoms with Gasteiger partial charge in [0.1, 0.15) is 23.2 Å². The molecular formula is C23H29ClFN5O. The van der Waals surface area contributed by atoms with Gasteiger partial charge in [-0.1, -0.05) is 38.3 Å². The van der Waals surface area contributed by atoms with Gasteiger partial charge in [-0.2, -0.15) is 0 Å². The second kappa shape index (κ2) is 8.99. The summed E-state index contributed by atoms with van der Waals surface area (Å²) in [6.07, 6.45) is 7.58. The van der Waals surface area contributed by atoms with Gasteiger partial charge in [-0.25, -0.2) is 19.2 Å². The van der Waals surface area contributed by atoms with Crippen molar-refractivity contribution >= 4 is 18.2 Å². The van der Waals surface area contributed by atoms with Crippen LogP contribution < -0.4 is 11.0 Å². The molecule has 1 atom stereocenters. The number of hydrogen-bond donors (Lipinski definition) is 1. The average Bonchev–Trinajstić information content (AvgIpc) is 3.38. The fraction of sp³-hybridized carbons (Fsp3) is 0.522. The Bertz CT molecular complexity index is 1070. The number of halogens is 2. The first-order valence-electron chi connectivity index (χ1n) is 11.2. The lowest BCUT2D eigenvalue weighted by atomic mass is 9.89. The van der Waals surface area contributed by atoms with Gasteiger partial charge in [0.15, 0.2) is 5.82 Å². The van der Waals surface area contributed by atoms with E-state index in [0.29, 0.717) is 24.8 Å². The van der Waals surface area contributed by atoms with E-state index in [4.69, 9.17) is 9.97 Å². The zero-order valence-corrected chi connectivity index (χ0v) is 18.6. The number of nitrogens with one attached hydrogen (secondary N) is 1. The standard InChI is InChI=1S/C23H28FN5O.ClH/c1-2-12-28-22-19(26-20(27-22)16-6-4-3-5-7-16)21-25-18(14-29(21)23(28)30)13-15-8-10-17(24)11-9-15;/h8-11,16,18,25H,2-7,12-14H2,1H3;1H. The summed E-state index contributed by atoms with van der Waals surface area (Å²) in [6, 6.07) is 6.64. The van der Waals surface area contributed by atoms with E-state index in [1.165, 1.54) is 31.4 Å². The van der Waals surface area contributed by atoms with Crippen LogP contribution in [-0.4, -0.2) is 25.1 Å². The van der Waals surface area contributed by atoms with Crippen molar-refractivity contribution in [1.29, 1.82) is 0 Å². The molecule has 0 bridgehead atoms. The molecule has 8 heteroatoms. The highest BCUT2D eigenvalue weighted by atomic mass is 35.5. The highest BCUT2D eigenvalue weighted by Crippen LogP contribution is 2.36. The Labute approximate surface area is 187 Å². The molecule has 1 aromatic rings. The van der Waals surface area contributed by atoms with E-state index < -0.39 is 0 Å². The van der Waals surface area contributed by atoms with Gasteiger partial charge in [0.05, 0.1) is 0 Å². The Morgan fingerprint density at radius 3 is 2.58 bits per heavy atom. The van der Waals surface area contributed by atoms with Crippen molar-refractivity contribution in [2.45, 2.75) is 76.9 Å². The molecule has 0 aromatic heterocycles. The molecule has 1 unspecified atom stereocenters. The first-order valence-corrected chi connectivity index (χ1v) is 11.2. The first kappa shape index (κ1) is 21.8. The van der Waals surface area contributed by atoms with Crippen molar-refractivity contribution in [2.24, 2.45) is 0 Å². The van der Waals surface area contributed by atoms with Crippen molar-refractivity contribution < 1.29 is 4.39 Å². The third-order valence-corrected chi connectivity index (χ3v) is 6.43. The van der Waals surface area contributed by atoms with Crippen LogP contribution in [0.5, 0.6) is 0 Å². The molecule has 31 heavy (non-hydrogen) atoms. The summed E-state index contributed by atoms with van der Waals surface area (Å²) < 4.78 is 16.8. The lowest BCUT2D eigenvalue weighted by Gasteiger charge is -2.18. The maximum Gasteiger partial charge on any atom is 0.331 e. The van der Waals surface area contributed by atoms with Crippen LogP contribution in [0.3, 0.4) is 0 Å². The van der Waals surface area contributed by atoms with Gasteiger partial charge in [-0.05, 0) is 43.4 Å². The summed E-state index contributed by atoms with van der Waals surface area (Å²) in [5.41, 5.74) is 1.83. The van der Waals surface area contributed by atoms with E-state index in [0.717, 1.165) is 48.6 Å². The summed E-state index contributed by atoms with van der Waals surface area (Å²) >= 11 is 0. The Morgan fingerprint density at radius 2 is 1.87 bits per heavy atom. The van der Waals surface area contributed by atoms with E-state index in [1.807, 2.05) is 4.57 Å². The van der Waals surface area contributed by atoms with Crippen LogP contribution in [0.4, 0.5) is 10.2 Å². The van der Waals surface area contributed by atoms with Gasteiger partial charge in [0, 0.05) is 25.0 Å². The minimum Gasteiger partial charge on any atom is -0.365 e. The van der Waals surface area contributed by atoms with Crippen LogP contribution in [0.25, 0.3) is 11.5 Å². The molecule has 0 amide bonds. The average molecular weight is 446 g/mol. The van der Waals surface area contributed by atoms with E-state index in [1.54, 1.807) is 16.7 Å². The van der Waals surface area contributed by atoms with Crippen molar-refractivity contribution in [3.8, 4) is 11.5 Å². The Morgan fingerprint density at radius 1 is 1.13 bits per heavy atom. The topological polar surface area (TPSA) is 64.7 Å². The number of aromatic nitrogens is 4. The molecule has 0 spiro atoms. The van der Waals surface area contributed by atoms with Gasteiger partial charge in [-0.3, -0.25) is 9.13 Å². The van der Waals surface area contributed by atoms with Gasteiger partial charge >= 0.3 is 5.69 Å². The van der Waals surface area contributed by atoms with Crippen LogP contribution in [0.15, 0.2) is 29.1 Å². The molecular weight excluding hydrogens is 417 g/mol. The number of rotatable bonds is 5. The van der Waals surface area contributed by atoms with Gasteiger partial charge in [0.25, 0.3) is 0 Å². The Kier molecular flexibility index (Phi) is 6.32. The molecule has 1 fully saturated rings. The highest BCUT2D eigenvalue weighted by Gasteiger charge is 2.33. The van der Waals surface area contributed by atoms with Crippen molar-refractivity contribution in [1.82, 2.24) is 19.1 Å². The molecule has 5 rings (SSSR count). The number of hydrogen-bond acceptors (Lipinski definition) is 4. The molecule has 166 valence electrons. The molecule has 4 aliphatic rings. The predicted molar refractivity (Wildman–Crippen MR) is 122 cm³/mol. The summed E-state index contributed by atoms with van der Waals surface area (Å²) in [6.45, 7) is 3.29. The lowest BCUT2D eigenvalue weighted by Crippen LogP contribution is -2.32. The summed E-state index contributed by atoms with van der Waals surface area (Å²) in [5.74, 6) is 2.55. The van der Waals surface area contributed by atoms with Crippen LogP contribution in [0.1, 0.15) is 62.8 Å². The van der Waals surface area contributed by atoms with Crippen molar-refractivity contribution in [3.63, 3.8) is 0 Å². The fourth-order valence-electron chi connectivity index (χ4n) is 4.92. The molecule has 1 aromatic carbocycles. The second-order valence-corrected chi connectivity index (χ2v) is 8.65. The molecule has 6 nitrogen and oxygen atoms in total. The van der Waals surface area contributed by atoms with E-state index >= 15 is 0 Å². The van der Waals surface area contributed by atoms with Crippen molar-refractivity contribution in [3.05, 3.63) is 52.0 Å². The van der Waals surface area contributed by atoms with E-state index in [9.17, 15) is 9.18 Å². The number of nitrogens with zero attached hydrogens (tertiary/aromatic N) is 4. The molecule has 0 saturated heterocycles. The second-order valence-electron chi connectivity index (χ2n) is 8.65. The van der Waals surface area contributed by atoms with E-state index in [2.05, 4.69) is 12.2 Å². The van der Waals surface area contributed by atoms with Crippen LogP contribution in [0.2, 0.25) is 0 Å². The quantitative estimate of drug-likeness (QED) is 0.623. The molecule has 1 saturated carbocycles. The first-order chi connectivity index (χ1) is 14.6. The minimum atomic E-state index is -0.234. The summed E-state index contributed by atoms with van der Waals surface area (Å²) in [7, 11) is 0.